The third-order valence-corrected chi connectivity index (χ3v) is 12.7. The molecule has 1 aliphatic heterocycles. The topological polar surface area (TPSA) is 358 Å². The lowest BCUT2D eigenvalue weighted by molar-refractivity contribution is -0.142. The number of aliphatic imine (C=N–C) groups is 1. The number of aliphatic hydroxyl groups excluding tert-OH is 1. The van der Waals surface area contributed by atoms with Crippen molar-refractivity contribution < 1.29 is 53.1 Å². The molecule has 414 valence electrons. The first kappa shape index (κ1) is 63.6. The summed E-state index contributed by atoms with van der Waals surface area (Å²) in [5, 5.41) is 32.4. The number of aliphatic hydroxyl groups is 1. The Morgan fingerprint density at radius 1 is 0.757 bits per heavy atom. The number of likely N-dealkylation sites (N-methyl/N-ethyl adjacent to an activating group) is 2. The van der Waals surface area contributed by atoms with Gasteiger partial charge in [-0.25, -0.2) is 0 Å². The number of carbonyl (C=O) groups is 10. The maximum absolute atomic E-state index is 14.2. The summed E-state index contributed by atoms with van der Waals surface area (Å²) in [5.74, 6) is -7.79. The number of guanidine groups is 1. The zero-order valence-electron chi connectivity index (χ0n) is 44.2. The highest BCUT2D eigenvalue weighted by Gasteiger charge is 2.40. The van der Waals surface area contributed by atoms with Crippen LogP contribution in [-0.4, -0.2) is 168 Å². The molecule has 1 saturated heterocycles. The molecule has 0 spiro atoms. The number of amides is 10. The van der Waals surface area contributed by atoms with Gasteiger partial charge in [-0.05, 0) is 75.5 Å². The van der Waals surface area contributed by atoms with Crippen LogP contribution in [0.1, 0.15) is 106 Å². The predicted molar refractivity (Wildman–Crippen MR) is 277 cm³/mol. The number of nitrogens with two attached hydrogens (primary N) is 2. The lowest BCUT2D eigenvalue weighted by Gasteiger charge is -2.31. The maximum Gasteiger partial charge on any atom is 0.245 e. The number of rotatable bonds is 30. The SMILES string of the molecule is CCC[C@H](NC(=O)[C@@H](NC(=O)[C@@H](Cc1ccc(Cl)cc1)NC(=O)[C@@H](NC(=O)CNC(=O)CN(C)C(C)=O)C(C)C)[C@@H](C)O)C(=O)N[C@H](C(=O)N[C@@H](CCCN=C(N)N)C(=O)N1CCC[C@H]1C(=O)NCC)[C@@H](C)CC. The normalized spacial score (nSPS) is 16.3. The monoisotopic (exact) mass is 1060 g/mol. The summed E-state index contributed by atoms with van der Waals surface area (Å²) in [6.07, 6.45) is 0.554. The Kier molecular flexibility index (Phi) is 27.4. The lowest BCUT2D eigenvalue weighted by Crippen LogP contribution is -2.62. The summed E-state index contributed by atoms with van der Waals surface area (Å²) in [6, 6.07) is -2.28. The molecular formula is C49H80ClN13O11. The van der Waals surface area contributed by atoms with Crippen molar-refractivity contribution in [1.29, 1.82) is 0 Å². The number of benzene rings is 1. The second-order valence-electron chi connectivity index (χ2n) is 18.9. The third kappa shape index (κ3) is 21.1. The Balaban J connectivity index is 2.36. The first-order chi connectivity index (χ1) is 34.8. The number of carbonyl (C=O) groups excluding carboxylic acids is 10. The van der Waals surface area contributed by atoms with Gasteiger partial charge in [-0.1, -0.05) is 71.2 Å². The second kappa shape index (κ2) is 31.9. The Morgan fingerprint density at radius 3 is 1.91 bits per heavy atom. The predicted octanol–water partition coefficient (Wildman–Crippen LogP) is -1.55. The number of halogens is 1. The Hall–Kier alpha value is -6.56. The van der Waals surface area contributed by atoms with Crippen LogP contribution in [-0.2, 0) is 54.4 Å². The van der Waals surface area contributed by atoms with Crippen molar-refractivity contribution >= 4 is 76.6 Å². The van der Waals surface area contributed by atoms with E-state index in [-0.39, 0.29) is 56.5 Å². The molecule has 24 nitrogen and oxygen atoms in total. The first-order valence-electron chi connectivity index (χ1n) is 25.2. The van der Waals surface area contributed by atoms with Crippen molar-refractivity contribution in [3.63, 3.8) is 0 Å². The average molecular weight is 1060 g/mol. The quantitative estimate of drug-likeness (QED) is 0.0237. The van der Waals surface area contributed by atoms with Crippen molar-refractivity contribution in [2.24, 2.45) is 28.3 Å². The van der Waals surface area contributed by atoms with Crippen LogP contribution < -0.4 is 54.0 Å². The molecule has 1 fully saturated rings. The van der Waals surface area contributed by atoms with Crippen LogP contribution in [0.25, 0.3) is 0 Å². The molecule has 13 N–H and O–H groups in total. The lowest BCUT2D eigenvalue weighted by atomic mass is 9.96. The number of hydrogen-bond acceptors (Lipinski definition) is 12. The molecule has 1 aromatic carbocycles. The van der Waals surface area contributed by atoms with Crippen LogP contribution in [0.4, 0.5) is 0 Å². The second-order valence-corrected chi connectivity index (χ2v) is 19.3. The van der Waals surface area contributed by atoms with E-state index in [1.165, 1.54) is 25.8 Å². The molecule has 9 atom stereocenters. The molecule has 1 aromatic rings. The number of nitrogens with zero attached hydrogens (tertiary/aromatic N) is 3. The Bertz CT molecular complexity index is 2120. The minimum atomic E-state index is -1.68. The van der Waals surface area contributed by atoms with Crippen LogP contribution >= 0.6 is 11.6 Å². The summed E-state index contributed by atoms with van der Waals surface area (Å²) >= 11 is 6.11. The van der Waals surface area contributed by atoms with Gasteiger partial charge in [-0.15, -0.1) is 0 Å². The first-order valence-corrected chi connectivity index (χ1v) is 25.6. The zero-order chi connectivity index (χ0) is 55.8. The van der Waals surface area contributed by atoms with Gasteiger partial charge >= 0.3 is 0 Å². The maximum atomic E-state index is 14.2. The van der Waals surface area contributed by atoms with E-state index in [2.05, 4.69) is 47.5 Å². The van der Waals surface area contributed by atoms with E-state index in [0.717, 1.165) is 4.90 Å². The van der Waals surface area contributed by atoms with Gasteiger partial charge in [0.15, 0.2) is 5.96 Å². The largest absolute Gasteiger partial charge is 0.391 e. The molecular weight excluding hydrogens is 982 g/mol. The van der Waals surface area contributed by atoms with Gasteiger partial charge < -0.3 is 68.9 Å². The van der Waals surface area contributed by atoms with E-state index in [1.807, 2.05) is 0 Å². The molecule has 1 aliphatic rings. The van der Waals surface area contributed by atoms with Gasteiger partial charge in [-0.2, -0.15) is 0 Å². The number of likely N-dealkylation sites (tertiary alicyclic amines) is 1. The van der Waals surface area contributed by atoms with Crippen LogP contribution in [0.3, 0.4) is 0 Å². The number of nitrogens with one attached hydrogen (secondary N) is 8. The van der Waals surface area contributed by atoms with Crippen molar-refractivity contribution in [2.45, 2.75) is 155 Å². The fourth-order valence-electron chi connectivity index (χ4n) is 7.90. The van der Waals surface area contributed by atoms with Crippen molar-refractivity contribution in [3.8, 4) is 0 Å². The molecule has 0 aliphatic carbocycles. The van der Waals surface area contributed by atoms with Crippen molar-refractivity contribution in [1.82, 2.24) is 52.3 Å². The van der Waals surface area contributed by atoms with Gasteiger partial charge in [0, 0.05) is 45.0 Å². The highest BCUT2D eigenvalue weighted by Crippen LogP contribution is 2.21. The average Bonchev–Trinajstić information content (AvgIpc) is 3.84. The van der Waals surface area contributed by atoms with Crippen molar-refractivity contribution in [3.05, 3.63) is 34.9 Å². The molecule has 10 amide bonds. The van der Waals surface area contributed by atoms with E-state index in [1.54, 1.807) is 65.8 Å². The fourth-order valence-corrected chi connectivity index (χ4v) is 8.03. The van der Waals surface area contributed by atoms with Gasteiger partial charge in [0.25, 0.3) is 0 Å². The number of hydrogen-bond donors (Lipinski definition) is 11. The third-order valence-electron chi connectivity index (χ3n) is 12.4. The van der Waals surface area contributed by atoms with Crippen molar-refractivity contribution in [2.75, 3.05) is 39.8 Å². The van der Waals surface area contributed by atoms with E-state index in [0.29, 0.717) is 49.4 Å². The minimum Gasteiger partial charge on any atom is -0.391 e. The summed E-state index contributed by atoms with van der Waals surface area (Å²) < 4.78 is 0. The summed E-state index contributed by atoms with van der Waals surface area (Å²) in [4.78, 5) is 141. The summed E-state index contributed by atoms with van der Waals surface area (Å²) in [6.45, 7) is 12.9. The van der Waals surface area contributed by atoms with Gasteiger partial charge in [0.2, 0.25) is 59.1 Å². The van der Waals surface area contributed by atoms with Crippen LogP contribution in [0.15, 0.2) is 29.3 Å². The van der Waals surface area contributed by atoms with Crippen LogP contribution in [0, 0.1) is 11.8 Å². The van der Waals surface area contributed by atoms with Gasteiger partial charge in [0.1, 0.15) is 42.3 Å². The molecule has 25 heteroatoms. The molecule has 0 unspecified atom stereocenters. The molecule has 0 radical (unpaired) electrons. The zero-order valence-corrected chi connectivity index (χ0v) is 44.9. The van der Waals surface area contributed by atoms with E-state index >= 15 is 0 Å². The van der Waals surface area contributed by atoms with E-state index < -0.39 is 114 Å². The van der Waals surface area contributed by atoms with E-state index in [4.69, 9.17) is 23.1 Å². The highest BCUT2D eigenvalue weighted by molar-refractivity contribution is 6.30. The van der Waals surface area contributed by atoms with Gasteiger partial charge in [0.05, 0.1) is 19.2 Å². The Morgan fingerprint density at radius 2 is 1.34 bits per heavy atom. The smallest absolute Gasteiger partial charge is 0.245 e. The summed E-state index contributed by atoms with van der Waals surface area (Å²) in [7, 11) is 1.41. The van der Waals surface area contributed by atoms with Gasteiger partial charge in [-0.3, -0.25) is 52.9 Å². The standard InChI is InChI=1S/C49H80ClN13O11/c1-10-15-33(42(68)60-40(28(6)11-2)46(72)57-34(16-13-22-54-49(51)52)48(74)63-23-14-17-36(63)44(70)53-12-3)56-47(73)41(29(7)64)61-43(69)35(24-31-18-20-32(50)21-19-31)58-45(71)39(27(4)5)59-37(66)25-55-38(67)26-62(9)30(8)65/h18-21,27-29,33-36,39-41,64H,10-17,22-26H2,1-9H3,(H,53,70)(H,55,67)(H,56,73)(H,57,72)(H,58,71)(H,59,66)(H,60,68)(H,61,69)(H4,51,52,54)/t28-,29+,33-,34-,35+,36-,39-,40-,41-/m0/s1. The minimum absolute atomic E-state index is 0.0612. The molecule has 0 bridgehead atoms. The molecule has 1 heterocycles. The Labute approximate surface area is 438 Å². The molecule has 2 rings (SSSR count). The highest BCUT2D eigenvalue weighted by atomic mass is 35.5. The fraction of sp³-hybridized carbons (Fsp3) is 0.653. The molecule has 0 aromatic heterocycles. The summed E-state index contributed by atoms with van der Waals surface area (Å²) in [5.41, 5.74) is 11.5. The molecule has 0 saturated carbocycles. The van der Waals surface area contributed by atoms with E-state index in [9.17, 15) is 53.1 Å². The molecule has 74 heavy (non-hydrogen) atoms. The van der Waals surface area contributed by atoms with Crippen LogP contribution in [0.2, 0.25) is 5.02 Å². The van der Waals surface area contributed by atoms with Crippen LogP contribution in [0.5, 0.6) is 0 Å².